The Morgan fingerprint density at radius 2 is 1.19 bits per heavy atom. The number of rotatable bonds is 9. The number of hydrogen-bond acceptors (Lipinski definition) is 3. The molecular formula is C15H23N3O3. The van der Waals surface area contributed by atoms with Crippen molar-refractivity contribution >= 4 is 0 Å². The van der Waals surface area contributed by atoms with Gasteiger partial charge in [0.2, 0.25) is 0 Å². The van der Waals surface area contributed by atoms with E-state index in [0.29, 0.717) is 19.4 Å². The van der Waals surface area contributed by atoms with Crippen LogP contribution in [0.1, 0.15) is 32.6 Å². The molecule has 0 aliphatic carbocycles. The highest BCUT2D eigenvalue weighted by molar-refractivity contribution is 4.81. The SMILES string of the molecule is C=CCCn1c(=O)n(CCC=C)c(=O)n(CCCC)c1=O. The Labute approximate surface area is 123 Å². The molecule has 0 aromatic carbocycles. The van der Waals surface area contributed by atoms with Gasteiger partial charge in [0, 0.05) is 19.6 Å². The molecule has 1 rings (SSSR count). The zero-order chi connectivity index (χ0) is 15.8. The quantitative estimate of drug-likeness (QED) is 0.641. The summed E-state index contributed by atoms with van der Waals surface area (Å²) in [5.74, 6) is 0. The van der Waals surface area contributed by atoms with Gasteiger partial charge in [0.05, 0.1) is 0 Å². The van der Waals surface area contributed by atoms with E-state index in [1.807, 2.05) is 6.92 Å². The molecule has 0 spiro atoms. The lowest BCUT2D eigenvalue weighted by Gasteiger charge is -2.12. The fourth-order valence-electron chi connectivity index (χ4n) is 2.01. The smallest absolute Gasteiger partial charge is 0.247 e. The molecule has 6 heteroatoms. The van der Waals surface area contributed by atoms with E-state index in [9.17, 15) is 14.4 Å². The van der Waals surface area contributed by atoms with Crippen LogP contribution in [0.25, 0.3) is 0 Å². The molecule has 0 fully saturated rings. The Bertz CT molecular complexity index is 614. The molecule has 0 amide bonds. The second-order valence-corrected chi connectivity index (χ2v) is 4.81. The van der Waals surface area contributed by atoms with Crippen LogP contribution >= 0.6 is 0 Å². The summed E-state index contributed by atoms with van der Waals surface area (Å²) >= 11 is 0. The first kappa shape index (κ1) is 16.9. The van der Waals surface area contributed by atoms with Crippen molar-refractivity contribution in [3.8, 4) is 0 Å². The minimum absolute atomic E-state index is 0.238. The summed E-state index contributed by atoms with van der Waals surface area (Å²) in [6.45, 7) is 9.97. The van der Waals surface area contributed by atoms with Gasteiger partial charge in [-0.3, -0.25) is 0 Å². The molecule has 0 radical (unpaired) electrons. The first-order valence-electron chi connectivity index (χ1n) is 7.24. The molecule has 0 N–H and O–H groups in total. The van der Waals surface area contributed by atoms with E-state index in [-0.39, 0.29) is 13.1 Å². The molecule has 0 unspecified atom stereocenters. The highest BCUT2D eigenvalue weighted by Crippen LogP contribution is 1.90. The van der Waals surface area contributed by atoms with Crippen molar-refractivity contribution in [1.29, 1.82) is 0 Å². The second kappa shape index (κ2) is 8.24. The van der Waals surface area contributed by atoms with Crippen LogP contribution in [0.15, 0.2) is 39.7 Å². The average Bonchev–Trinajstić information content (AvgIpc) is 2.47. The zero-order valence-corrected chi connectivity index (χ0v) is 12.6. The molecular weight excluding hydrogens is 270 g/mol. The van der Waals surface area contributed by atoms with E-state index in [0.717, 1.165) is 26.5 Å². The van der Waals surface area contributed by atoms with Crippen LogP contribution in [-0.2, 0) is 19.6 Å². The Balaban J connectivity index is 3.45. The number of unbranched alkanes of at least 4 members (excludes halogenated alkanes) is 1. The van der Waals surface area contributed by atoms with Gasteiger partial charge in [0.1, 0.15) is 0 Å². The lowest BCUT2D eigenvalue weighted by atomic mass is 10.3. The summed E-state index contributed by atoms with van der Waals surface area (Å²) in [5, 5.41) is 0. The van der Waals surface area contributed by atoms with Crippen LogP contribution in [0.5, 0.6) is 0 Å². The van der Waals surface area contributed by atoms with Gasteiger partial charge in [0.15, 0.2) is 0 Å². The maximum atomic E-state index is 12.3. The summed E-state index contributed by atoms with van der Waals surface area (Å²) in [4.78, 5) is 36.9. The number of aromatic nitrogens is 3. The lowest BCUT2D eigenvalue weighted by Crippen LogP contribution is -2.54. The van der Waals surface area contributed by atoms with Crippen molar-refractivity contribution in [3.05, 3.63) is 56.8 Å². The van der Waals surface area contributed by atoms with Gasteiger partial charge in [-0.25, -0.2) is 28.1 Å². The van der Waals surface area contributed by atoms with Crippen LogP contribution < -0.4 is 17.1 Å². The Hall–Kier alpha value is -2.11. The molecule has 0 bridgehead atoms. The summed E-state index contributed by atoms with van der Waals surface area (Å²) < 4.78 is 3.38. The minimum atomic E-state index is -0.554. The topological polar surface area (TPSA) is 66.0 Å². The largest absolute Gasteiger partial charge is 0.336 e. The van der Waals surface area contributed by atoms with Crippen LogP contribution in [0.4, 0.5) is 0 Å². The van der Waals surface area contributed by atoms with E-state index < -0.39 is 17.1 Å². The van der Waals surface area contributed by atoms with Crippen LogP contribution in [0.3, 0.4) is 0 Å². The molecule has 1 aromatic heterocycles. The monoisotopic (exact) mass is 293 g/mol. The maximum absolute atomic E-state index is 12.3. The molecule has 0 saturated heterocycles. The predicted molar refractivity (Wildman–Crippen MR) is 83.8 cm³/mol. The highest BCUT2D eigenvalue weighted by Gasteiger charge is 2.14. The van der Waals surface area contributed by atoms with Crippen molar-refractivity contribution in [2.24, 2.45) is 0 Å². The molecule has 0 saturated carbocycles. The summed E-state index contributed by atoms with van der Waals surface area (Å²) in [5.41, 5.74) is -1.62. The third-order valence-corrected chi connectivity index (χ3v) is 3.23. The van der Waals surface area contributed by atoms with Gasteiger partial charge in [-0.15, -0.1) is 13.2 Å². The van der Waals surface area contributed by atoms with E-state index in [1.165, 1.54) is 0 Å². The van der Waals surface area contributed by atoms with Gasteiger partial charge in [0.25, 0.3) is 0 Å². The third kappa shape index (κ3) is 3.93. The minimum Gasteiger partial charge on any atom is -0.247 e. The fourth-order valence-corrected chi connectivity index (χ4v) is 2.01. The molecule has 1 aromatic rings. The molecule has 1 heterocycles. The molecule has 6 nitrogen and oxygen atoms in total. The van der Waals surface area contributed by atoms with E-state index in [1.54, 1.807) is 12.2 Å². The number of hydrogen-bond donors (Lipinski definition) is 0. The summed E-state index contributed by atoms with van der Waals surface area (Å²) in [7, 11) is 0. The normalized spacial score (nSPS) is 10.5. The van der Waals surface area contributed by atoms with E-state index >= 15 is 0 Å². The number of nitrogens with zero attached hydrogens (tertiary/aromatic N) is 3. The van der Waals surface area contributed by atoms with Gasteiger partial charge in [-0.05, 0) is 19.3 Å². The standard InChI is InChI=1S/C15H23N3O3/c1-4-7-10-16-13(19)17(11-8-5-2)15(21)18(14(16)20)12-9-6-3/h4-5H,1-2,6-12H2,3H3. The average molecular weight is 293 g/mol. The Morgan fingerprint density at radius 1 is 0.810 bits per heavy atom. The van der Waals surface area contributed by atoms with Crippen molar-refractivity contribution in [2.75, 3.05) is 0 Å². The Morgan fingerprint density at radius 3 is 1.52 bits per heavy atom. The molecule has 0 aliphatic heterocycles. The van der Waals surface area contributed by atoms with Gasteiger partial charge >= 0.3 is 17.1 Å². The molecule has 116 valence electrons. The zero-order valence-electron chi connectivity index (χ0n) is 12.6. The van der Waals surface area contributed by atoms with Gasteiger partial charge in [-0.2, -0.15) is 0 Å². The van der Waals surface area contributed by atoms with Crippen molar-refractivity contribution in [2.45, 2.75) is 52.2 Å². The second-order valence-electron chi connectivity index (χ2n) is 4.81. The molecule has 21 heavy (non-hydrogen) atoms. The predicted octanol–water partition coefficient (Wildman–Crippen LogP) is 1.12. The highest BCUT2D eigenvalue weighted by atomic mass is 16.2. The van der Waals surface area contributed by atoms with Crippen LogP contribution in [-0.4, -0.2) is 13.7 Å². The summed E-state index contributed by atoms with van der Waals surface area (Å²) in [6, 6.07) is 0. The van der Waals surface area contributed by atoms with Crippen molar-refractivity contribution in [3.63, 3.8) is 0 Å². The van der Waals surface area contributed by atoms with Gasteiger partial charge < -0.3 is 0 Å². The first-order chi connectivity index (χ1) is 10.1. The summed E-state index contributed by atoms with van der Waals surface area (Å²) in [6.07, 6.45) is 5.87. The van der Waals surface area contributed by atoms with Crippen molar-refractivity contribution in [1.82, 2.24) is 13.7 Å². The molecule has 0 aliphatic rings. The number of allylic oxidation sites excluding steroid dienone is 2. The maximum Gasteiger partial charge on any atom is 0.336 e. The third-order valence-electron chi connectivity index (χ3n) is 3.23. The van der Waals surface area contributed by atoms with E-state index in [4.69, 9.17) is 0 Å². The Kier molecular flexibility index (Phi) is 6.65. The lowest BCUT2D eigenvalue weighted by molar-refractivity contribution is 0.440. The molecule has 0 atom stereocenters. The van der Waals surface area contributed by atoms with Crippen LogP contribution in [0, 0.1) is 0 Å². The first-order valence-corrected chi connectivity index (χ1v) is 7.24. The van der Waals surface area contributed by atoms with E-state index in [2.05, 4.69) is 13.2 Å². The van der Waals surface area contributed by atoms with Gasteiger partial charge in [-0.1, -0.05) is 25.5 Å². The fraction of sp³-hybridized carbons (Fsp3) is 0.533. The van der Waals surface area contributed by atoms with Crippen LogP contribution in [0.2, 0.25) is 0 Å². The van der Waals surface area contributed by atoms with Crippen molar-refractivity contribution < 1.29 is 0 Å².